The molecule has 3 aromatic carbocycles. The Hall–Kier alpha value is -2.58. The molecule has 212 valence electrons. The lowest BCUT2D eigenvalue weighted by atomic mass is 9.94. The molecular formula is C37H52O2. The second-order valence-corrected chi connectivity index (χ2v) is 10.9. The number of rotatable bonds is 20. The Morgan fingerprint density at radius 3 is 1.51 bits per heavy atom. The molecular weight excluding hydrogens is 476 g/mol. The topological polar surface area (TPSA) is 18.5 Å². The van der Waals surface area contributed by atoms with E-state index < -0.39 is 0 Å². The lowest BCUT2D eigenvalue weighted by Crippen LogP contribution is -2.01. The third-order valence-electron chi connectivity index (χ3n) is 7.67. The van der Waals surface area contributed by atoms with Crippen LogP contribution in [0.25, 0.3) is 22.3 Å². The van der Waals surface area contributed by atoms with E-state index in [2.05, 4.69) is 93.6 Å². The Morgan fingerprint density at radius 2 is 0.974 bits per heavy atom. The molecule has 0 fully saturated rings. The van der Waals surface area contributed by atoms with E-state index in [4.69, 9.17) is 9.47 Å². The molecule has 0 spiro atoms. The molecule has 0 N–H and O–H groups in total. The van der Waals surface area contributed by atoms with Gasteiger partial charge in [-0.2, -0.15) is 0 Å². The molecule has 0 aliphatic rings. The standard InChI is InChI=1S/C37H52O2/c1-4-6-8-10-11-12-14-18-30-39-35-27-25-34(26-28-35)37-20-16-15-19-36(37)33-23-21-32(22-24-33)31(3)38-29-17-13-9-7-5-2/h15-16,19-28,31H,4-14,17-18,29-30H2,1-3H3. The fraction of sp³-hybridized carbons (Fsp3) is 0.514. The molecule has 1 atom stereocenters. The molecule has 0 aliphatic carbocycles. The van der Waals surface area contributed by atoms with Gasteiger partial charge in [0.2, 0.25) is 0 Å². The Bertz CT molecular complexity index is 1020. The van der Waals surface area contributed by atoms with E-state index >= 15 is 0 Å². The third kappa shape index (κ3) is 11.2. The summed E-state index contributed by atoms with van der Waals surface area (Å²) in [6, 6.07) is 26.2. The molecule has 2 nitrogen and oxygen atoms in total. The van der Waals surface area contributed by atoms with Crippen molar-refractivity contribution >= 4 is 0 Å². The summed E-state index contributed by atoms with van der Waals surface area (Å²) in [6.07, 6.45) is 17.0. The lowest BCUT2D eigenvalue weighted by molar-refractivity contribution is 0.0627. The highest BCUT2D eigenvalue weighted by atomic mass is 16.5. The van der Waals surface area contributed by atoms with Gasteiger partial charge in [-0.05, 0) is 59.7 Å². The minimum absolute atomic E-state index is 0.124. The molecule has 39 heavy (non-hydrogen) atoms. The summed E-state index contributed by atoms with van der Waals surface area (Å²) in [6.45, 7) is 8.33. The quantitative estimate of drug-likeness (QED) is 0.136. The predicted octanol–water partition coefficient (Wildman–Crippen LogP) is 11.6. The molecule has 3 rings (SSSR count). The van der Waals surface area contributed by atoms with Gasteiger partial charge in [0.15, 0.2) is 0 Å². The summed E-state index contributed by atoms with van der Waals surface area (Å²) in [5.41, 5.74) is 6.19. The minimum atomic E-state index is 0.124. The summed E-state index contributed by atoms with van der Waals surface area (Å²) in [4.78, 5) is 0. The molecule has 0 heterocycles. The van der Waals surface area contributed by atoms with Gasteiger partial charge in [-0.1, -0.05) is 145 Å². The highest BCUT2D eigenvalue weighted by molar-refractivity contribution is 5.83. The maximum Gasteiger partial charge on any atom is 0.119 e. The molecule has 0 aromatic heterocycles. The smallest absolute Gasteiger partial charge is 0.119 e. The first-order valence-corrected chi connectivity index (χ1v) is 15.8. The van der Waals surface area contributed by atoms with Crippen LogP contribution < -0.4 is 4.74 Å². The zero-order valence-corrected chi connectivity index (χ0v) is 24.9. The van der Waals surface area contributed by atoms with Gasteiger partial charge in [0.1, 0.15) is 5.75 Å². The van der Waals surface area contributed by atoms with Gasteiger partial charge in [0, 0.05) is 6.61 Å². The zero-order valence-electron chi connectivity index (χ0n) is 24.9. The summed E-state index contributed by atoms with van der Waals surface area (Å²) in [5.74, 6) is 0.961. The first-order chi connectivity index (χ1) is 19.2. The first-order valence-electron chi connectivity index (χ1n) is 15.8. The van der Waals surface area contributed by atoms with Crippen LogP contribution in [0.3, 0.4) is 0 Å². The van der Waals surface area contributed by atoms with Gasteiger partial charge in [0.05, 0.1) is 12.7 Å². The Kier molecular flexibility index (Phi) is 14.8. The van der Waals surface area contributed by atoms with E-state index in [1.807, 2.05) is 0 Å². The fourth-order valence-electron chi connectivity index (χ4n) is 5.14. The minimum Gasteiger partial charge on any atom is -0.494 e. The van der Waals surface area contributed by atoms with E-state index in [0.29, 0.717) is 0 Å². The average molecular weight is 529 g/mol. The average Bonchev–Trinajstić information content (AvgIpc) is 2.98. The van der Waals surface area contributed by atoms with Gasteiger partial charge in [-0.15, -0.1) is 0 Å². The number of benzene rings is 3. The van der Waals surface area contributed by atoms with Crippen molar-refractivity contribution in [2.45, 2.75) is 110 Å². The van der Waals surface area contributed by atoms with Gasteiger partial charge in [-0.25, -0.2) is 0 Å². The van der Waals surface area contributed by atoms with E-state index in [-0.39, 0.29) is 6.10 Å². The highest BCUT2D eigenvalue weighted by Crippen LogP contribution is 2.33. The molecule has 0 radical (unpaired) electrons. The monoisotopic (exact) mass is 528 g/mol. The number of ether oxygens (including phenoxy) is 2. The van der Waals surface area contributed by atoms with E-state index in [1.165, 1.54) is 98.4 Å². The van der Waals surface area contributed by atoms with Crippen LogP contribution in [0.4, 0.5) is 0 Å². The summed E-state index contributed by atoms with van der Waals surface area (Å²) in [7, 11) is 0. The molecule has 2 heteroatoms. The van der Waals surface area contributed by atoms with Crippen molar-refractivity contribution in [3.8, 4) is 28.0 Å². The molecule has 0 saturated carbocycles. The fourth-order valence-corrected chi connectivity index (χ4v) is 5.14. The molecule has 1 unspecified atom stereocenters. The van der Waals surface area contributed by atoms with Crippen molar-refractivity contribution < 1.29 is 9.47 Å². The van der Waals surface area contributed by atoms with Crippen molar-refractivity contribution in [3.05, 3.63) is 78.4 Å². The van der Waals surface area contributed by atoms with E-state index in [1.54, 1.807) is 0 Å². The second kappa shape index (κ2) is 18.7. The molecule has 3 aromatic rings. The van der Waals surface area contributed by atoms with Crippen LogP contribution in [-0.2, 0) is 4.74 Å². The van der Waals surface area contributed by atoms with Crippen LogP contribution >= 0.6 is 0 Å². The van der Waals surface area contributed by atoms with Gasteiger partial charge in [0.25, 0.3) is 0 Å². The SMILES string of the molecule is CCCCCCCCCCOc1ccc(-c2ccccc2-c2ccc(C(C)OCCCCCCC)cc2)cc1. The Morgan fingerprint density at radius 1 is 0.513 bits per heavy atom. The molecule has 0 aliphatic heterocycles. The zero-order chi connectivity index (χ0) is 27.5. The van der Waals surface area contributed by atoms with Crippen LogP contribution in [0.5, 0.6) is 5.75 Å². The normalized spacial score (nSPS) is 12.0. The van der Waals surface area contributed by atoms with Crippen molar-refractivity contribution in [2.24, 2.45) is 0 Å². The number of hydrogen-bond acceptors (Lipinski definition) is 2. The summed E-state index contributed by atoms with van der Waals surface area (Å²) < 4.78 is 12.1. The third-order valence-corrected chi connectivity index (χ3v) is 7.67. The second-order valence-electron chi connectivity index (χ2n) is 10.9. The molecule has 0 amide bonds. The van der Waals surface area contributed by atoms with Crippen LogP contribution in [0, 0.1) is 0 Å². The van der Waals surface area contributed by atoms with Crippen molar-refractivity contribution in [3.63, 3.8) is 0 Å². The number of unbranched alkanes of at least 4 members (excludes halogenated alkanes) is 11. The summed E-state index contributed by atoms with van der Waals surface area (Å²) >= 11 is 0. The lowest BCUT2D eigenvalue weighted by Gasteiger charge is -2.15. The van der Waals surface area contributed by atoms with Crippen LogP contribution in [-0.4, -0.2) is 13.2 Å². The van der Waals surface area contributed by atoms with Crippen LogP contribution in [0.1, 0.15) is 116 Å². The van der Waals surface area contributed by atoms with E-state index in [9.17, 15) is 0 Å². The maximum atomic E-state index is 6.11. The highest BCUT2D eigenvalue weighted by Gasteiger charge is 2.10. The van der Waals surface area contributed by atoms with Crippen LogP contribution in [0.15, 0.2) is 72.8 Å². The Balaban J connectivity index is 1.49. The van der Waals surface area contributed by atoms with Gasteiger partial charge in [-0.3, -0.25) is 0 Å². The molecule has 0 saturated heterocycles. The Labute approximate surface area is 239 Å². The predicted molar refractivity (Wildman–Crippen MR) is 169 cm³/mol. The maximum absolute atomic E-state index is 6.11. The first kappa shape index (κ1) is 31.0. The molecule has 0 bridgehead atoms. The summed E-state index contributed by atoms with van der Waals surface area (Å²) in [5, 5.41) is 0. The van der Waals surface area contributed by atoms with Crippen molar-refractivity contribution in [2.75, 3.05) is 13.2 Å². The van der Waals surface area contributed by atoms with Gasteiger partial charge >= 0.3 is 0 Å². The largest absolute Gasteiger partial charge is 0.494 e. The van der Waals surface area contributed by atoms with Crippen molar-refractivity contribution in [1.82, 2.24) is 0 Å². The van der Waals surface area contributed by atoms with E-state index in [0.717, 1.165) is 31.8 Å². The van der Waals surface area contributed by atoms with Gasteiger partial charge < -0.3 is 9.47 Å². The number of hydrogen-bond donors (Lipinski definition) is 0. The van der Waals surface area contributed by atoms with Crippen LogP contribution in [0.2, 0.25) is 0 Å². The van der Waals surface area contributed by atoms with Crippen molar-refractivity contribution in [1.29, 1.82) is 0 Å².